The molecule has 0 aliphatic heterocycles. The van der Waals surface area contributed by atoms with Crippen molar-refractivity contribution in [2.45, 2.75) is 12.8 Å². The van der Waals surface area contributed by atoms with E-state index in [1.807, 2.05) is 12.1 Å². The number of carbonyl (C=O) groups excluding carboxylic acids is 1. The number of amides is 1. The van der Waals surface area contributed by atoms with Crippen LogP contribution in [0.4, 0.5) is 5.69 Å². The number of anilines is 1. The fraction of sp³-hybridized carbons (Fsp3) is 0.235. The molecule has 0 heterocycles. The lowest BCUT2D eigenvalue weighted by atomic mass is 10.2. The molecule has 0 atom stereocenters. The molecule has 0 aliphatic rings. The highest BCUT2D eigenvalue weighted by Gasteiger charge is 2.07. The fourth-order valence-electron chi connectivity index (χ4n) is 1.97. The van der Waals surface area contributed by atoms with Crippen molar-refractivity contribution in [2.24, 2.45) is 0 Å². The summed E-state index contributed by atoms with van der Waals surface area (Å²) in [6.07, 6.45) is 0.906. The van der Waals surface area contributed by atoms with Gasteiger partial charge in [-0.2, -0.15) is 0 Å². The first-order valence-electron chi connectivity index (χ1n) is 7.11. The molecule has 0 bridgehead atoms. The van der Waals surface area contributed by atoms with Gasteiger partial charge >= 0.3 is 0 Å². The molecule has 2 aromatic rings. The standard InChI is InChI=1S/C17H17Cl2NO3/c1-22-16-6-3-2-5-14(16)20-17(21)7-4-10-23-15-9-8-12(18)11-13(15)19/h2-3,5-6,8-9,11H,4,7,10H2,1H3,(H,20,21). The minimum absolute atomic E-state index is 0.0969. The van der Waals surface area contributed by atoms with E-state index < -0.39 is 0 Å². The molecule has 1 amide bonds. The molecule has 0 aliphatic carbocycles. The summed E-state index contributed by atoms with van der Waals surface area (Å²) in [5.74, 6) is 1.09. The van der Waals surface area contributed by atoms with E-state index in [0.717, 1.165) is 0 Å². The van der Waals surface area contributed by atoms with Gasteiger partial charge < -0.3 is 14.8 Å². The Labute approximate surface area is 145 Å². The number of carbonyl (C=O) groups is 1. The van der Waals surface area contributed by atoms with Crippen LogP contribution >= 0.6 is 23.2 Å². The molecule has 0 aromatic heterocycles. The van der Waals surface area contributed by atoms with Gasteiger partial charge in [-0.25, -0.2) is 0 Å². The van der Waals surface area contributed by atoms with Gasteiger partial charge in [-0.15, -0.1) is 0 Å². The molecule has 0 spiro atoms. The summed E-state index contributed by atoms with van der Waals surface area (Å²) in [6.45, 7) is 0.390. The molecular weight excluding hydrogens is 337 g/mol. The van der Waals surface area contributed by atoms with E-state index in [4.69, 9.17) is 32.7 Å². The third kappa shape index (κ3) is 5.34. The highest BCUT2D eigenvalue weighted by Crippen LogP contribution is 2.27. The summed E-state index contributed by atoms with van der Waals surface area (Å²) in [4.78, 5) is 11.9. The van der Waals surface area contributed by atoms with Gasteiger partial charge in [0, 0.05) is 11.4 Å². The Morgan fingerprint density at radius 2 is 1.91 bits per heavy atom. The highest BCUT2D eigenvalue weighted by atomic mass is 35.5. The van der Waals surface area contributed by atoms with Crippen molar-refractivity contribution in [1.29, 1.82) is 0 Å². The largest absolute Gasteiger partial charge is 0.495 e. The van der Waals surface area contributed by atoms with Crippen LogP contribution in [-0.4, -0.2) is 19.6 Å². The van der Waals surface area contributed by atoms with Crippen molar-refractivity contribution in [3.8, 4) is 11.5 Å². The lowest BCUT2D eigenvalue weighted by Crippen LogP contribution is -2.13. The fourth-order valence-corrected chi connectivity index (χ4v) is 2.43. The lowest BCUT2D eigenvalue weighted by molar-refractivity contribution is -0.116. The monoisotopic (exact) mass is 353 g/mol. The van der Waals surface area contributed by atoms with Crippen molar-refractivity contribution in [1.82, 2.24) is 0 Å². The second-order valence-electron chi connectivity index (χ2n) is 4.78. The first-order valence-corrected chi connectivity index (χ1v) is 7.86. The second kappa shape index (κ2) is 8.65. The first kappa shape index (κ1) is 17.4. The van der Waals surface area contributed by atoms with Crippen molar-refractivity contribution >= 4 is 34.8 Å². The molecule has 2 aromatic carbocycles. The summed E-state index contributed by atoms with van der Waals surface area (Å²) in [5.41, 5.74) is 0.654. The molecule has 122 valence electrons. The predicted molar refractivity (Wildman–Crippen MR) is 92.8 cm³/mol. The maximum atomic E-state index is 11.9. The topological polar surface area (TPSA) is 47.6 Å². The van der Waals surface area contributed by atoms with Crippen molar-refractivity contribution in [2.75, 3.05) is 19.0 Å². The minimum Gasteiger partial charge on any atom is -0.495 e. The maximum Gasteiger partial charge on any atom is 0.224 e. The van der Waals surface area contributed by atoms with Crippen LogP contribution in [0.15, 0.2) is 42.5 Å². The molecule has 0 fully saturated rings. The third-order valence-electron chi connectivity index (χ3n) is 3.08. The average molecular weight is 354 g/mol. The van der Waals surface area contributed by atoms with Gasteiger partial charge in [0.05, 0.1) is 24.4 Å². The van der Waals surface area contributed by atoms with Crippen LogP contribution in [0.2, 0.25) is 10.0 Å². The van der Waals surface area contributed by atoms with E-state index in [-0.39, 0.29) is 5.91 Å². The van der Waals surface area contributed by atoms with Gasteiger partial charge in [-0.3, -0.25) is 4.79 Å². The zero-order valence-electron chi connectivity index (χ0n) is 12.6. The molecule has 0 saturated heterocycles. The molecule has 0 radical (unpaired) electrons. The van der Waals surface area contributed by atoms with Gasteiger partial charge in [0.15, 0.2) is 0 Å². The first-order chi connectivity index (χ1) is 11.1. The van der Waals surface area contributed by atoms with Crippen LogP contribution in [0, 0.1) is 0 Å². The van der Waals surface area contributed by atoms with Crippen molar-refractivity contribution in [3.63, 3.8) is 0 Å². The number of benzene rings is 2. The summed E-state index contributed by atoms with van der Waals surface area (Å²) >= 11 is 11.8. The van der Waals surface area contributed by atoms with Crippen LogP contribution in [-0.2, 0) is 4.79 Å². The summed E-state index contributed by atoms with van der Waals surface area (Å²) < 4.78 is 10.7. The molecule has 23 heavy (non-hydrogen) atoms. The zero-order valence-corrected chi connectivity index (χ0v) is 14.2. The molecule has 6 heteroatoms. The third-order valence-corrected chi connectivity index (χ3v) is 3.61. The number of para-hydroxylation sites is 2. The Hall–Kier alpha value is -1.91. The number of hydrogen-bond donors (Lipinski definition) is 1. The Kier molecular flexibility index (Phi) is 6.56. The van der Waals surface area contributed by atoms with Crippen LogP contribution in [0.3, 0.4) is 0 Å². The second-order valence-corrected chi connectivity index (χ2v) is 5.62. The number of ether oxygens (including phenoxy) is 2. The number of hydrogen-bond acceptors (Lipinski definition) is 3. The van der Waals surface area contributed by atoms with E-state index in [0.29, 0.717) is 46.7 Å². The van der Waals surface area contributed by atoms with Gasteiger partial charge in [0.1, 0.15) is 11.5 Å². The molecule has 1 N–H and O–H groups in total. The van der Waals surface area contributed by atoms with E-state index in [1.165, 1.54) is 0 Å². The lowest BCUT2D eigenvalue weighted by Gasteiger charge is -2.10. The number of halogens is 2. The molecule has 4 nitrogen and oxygen atoms in total. The van der Waals surface area contributed by atoms with Gasteiger partial charge in [-0.1, -0.05) is 35.3 Å². The number of rotatable bonds is 7. The molecular formula is C17H17Cl2NO3. The Balaban J connectivity index is 1.76. The van der Waals surface area contributed by atoms with E-state index in [9.17, 15) is 4.79 Å². The average Bonchev–Trinajstić information content (AvgIpc) is 2.53. The minimum atomic E-state index is -0.0969. The highest BCUT2D eigenvalue weighted by molar-refractivity contribution is 6.35. The Morgan fingerprint density at radius 1 is 1.13 bits per heavy atom. The van der Waals surface area contributed by atoms with Gasteiger partial charge in [-0.05, 0) is 36.8 Å². The normalized spacial score (nSPS) is 10.2. The summed E-state index contributed by atoms with van der Waals surface area (Å²) in [6, 6.07) is 12.3. The predicted octanol–water partition coefficient (Wildman–Crippen LogP) is 4.80. The quantitative estimate of drug-likeness (QED) is 0.727. The Bertz CT molecular complexity index is 677. The molecule has 2 rings (SSSR count). The Morgan fingerprint density at radius 3 is 2.65 bits per heavy atom. The van der Waals surface area contributed by atoms with Crippen LogP contribution < -0.4 is 14.8 Å². The number of methoxy groups -OCH3 is 1. The van der Waals surface area contributed by atoms with Gasteiger partial charge in [0.2, 0.25) is 5.91 Å². The van der Waals surface area contributed by atoms with Crippen molar-refractivity contribution < 1.29 is 14.3 Å². The van der Waals surface area contributed by atoms with E-state index in [1.54, 1.807) is 37.4 Å². The SMILES string of the molecule is COc1ccccc1NC(=O)CCCOc1ccc(Cl)cc1Cl. The van der Waals surface area contributed by atoms with Gasteiger partial charge in [0.25, 0.3) is 0 Å². The van der Waals surface area contributed by atoms with E-state index >= 15 is 0 Å². The van der Waals surface area contributed by atoms with Crippen molar-refractivity contribution in [3.05, 3.63) is 52.5 Å². The maximum absolute atomic E-state index is 11.9. The molecule has 0 unspecified atom stereocenters. The van der Waals surface area contributed by atoms with Crippen LogP contribution in [0.25, 0.3) is 0 Å². The van der Waals surface area contributed by atoms with Crippen LogP contribution in [0.1, 0.15) is 12.8 Å². The zero-order chi connectivity index (χ0) is 16.7. The summed E-state index contributed by atoms with van der Waals surface area (Å²) in [5, 5.41) is 3.82. The van der Waals surface area contributed by atoms with Crippen LogP contribution in [0.5, 0.6) is 11.5 Å². The molecule has 0 saturated carbocycles. The number of nitrogens with one attached hydrogen (secondary N) is 1. The summed E-state index contributed by atoms with van der Waals surface area (Å²) in [7, 11) is 1.56. The smallest absolute Gasteiger partial charge is 0.224 e. The van der Waals surface area contributed by atoms with E-state index in [2.05, 4.69) is 5.32 Å².